The Morgan fingerprint density at radius 3 is 2.59 bits per heavy atom. The topological polar surface area (TPSA) is 91.2 Å². The summed E-state index contributed by atoms with van der Waals surface area (Å²) in [6.07, 6.45) is 7.26. The highest BCUT2D eigenvalue weighted by Crippen LogP contribution is 2.39. The Hall–Kier alpha value is -2.96. The van der Waals surface area contributed by atoms with Gasteiger partial charge in [0.2, 0.25) is 5.82 Å². The minimum absolute atomic E-state index is 0.103. The van der Waals surface area contributed by atoms with Gasteiger partial charge in [0.15, 0.2) is 5.69 Å². The molecule has 0 N–H and O–H groups in total. The van der Waals surface area contributed by atoms with E-state index in [9.17, 15) is 4.79 Å². The molecule has 4 rings (SSSR count). The van der Waals surface area contributed by atoms with Crippen molar-refractivity contribution in [2.45, 2.75) is 86.0 Å². The van der Waals surface area contributed by atoms with Crippen LogP contribution in [-0.4, -0.2) is 27.9 Å². The molecule has 0 saturated carbocycles. The number of unbranched alkanes of at least 4 members (excludes halogenated alkanes) is 2. The Morgan fingerprint density at radius 2 is 1.85 bits per heavy atom. The normalized spacial score (nSPS) is 14.7. The number of aryl methyl sites for hydroxylation is 2. The van der Waals surface area contributed by atoms with E-state index < -0.39 is 0 Å². The van der Waals surface area contributed by atoms with Gasteiger partial charge in [-0.05, 0) is 87.1 Å². The average molecular weight is 466 g/mol. The second-order valence-corrected chi connectivity index (χ2v) is 10.2. The molecule has 1 aliphatic rings. The maximum absolute atomic E-state index is 11.5. The number of ether oxygens (including phenoxy) is 1. The van der Waals surface area contributed by atoms with Crippen molar-refractivity contribution in [1.82, 2.24) is 15.3 Å². The van der Waals surface area contributed by atoms with Gasteiger partial charge in [0, 0.05) is 24.0 Å². The first-order chi connectivity index (χ1) is 16.3. The second-order valence-electron chi connectivity index (χ2n) is 10.2. The van der Waals surface area contributed by atoms with Crippen LogP contribution < -0.4 is 0 Å². The fourth-order valence-electron chi connectivity index (χ4n) is 4.83. The third-order valence-electron chi connectivity index (χ3n) is 6.76. The zero-order valence-corrected chi connectivity index (χ0v) is 21.0. The summed E-state index contributed by atoms with van der Waals surface area (Å²) in [5.41, 5.74) is 6.71. The van der Waals surface area contributed by atoms with Crippen LogP contribution in [0.15, 0.2) is 21.2 Å². The molecule has 0 fully saturated rings. The molecule has 0 unspecified atom stereocenters. The van der Waals surface area contributed by atoms with E-state index in [-0.39, 0.29) is 11.4 Å². The Morgan fingerprint density at radius 1 is 1.09 bits per heavy atom. The molecule has 0 atom stereocenters. The maximum atomic E-state index is 11.5. The van der Waals surface area contributed by atoms with Crippen molar-refractivity contribution in [3.05, 3.63) is 40.1 Å². The molecule has 7 nitrogen and oxygen atoms in total. The highest BCUT2D eigenvalue weighted by atomic mass is 16.5. The predicted octanol–water partition coefficient (Wildman–Crippen LogP) is 6.19. The van der Waals surface area contributed by atoms with Gasteiger partial charge in [0.05, 0.1) is 6.61 Å². The smallest absolute Gasteiger partial charge is 0.305 e. The molecule has 2 heterocycles. The molecule has 0 radical (unpaired) electrons. The molecule has 0 spiro atoms. The van der Waals surface area contributed by atoms with Crippen molar-refractivity contribution in [2.24, 2.45) is 5.41 Å². The van der Waals surface area contributed by atoms with Crippen LogP contribution in [0.5, 0.6) is 0 Å². The Labute approximate surface area is 201 Å². The zero-order chi connectivity index (χ0) is 24.3. The highest BCUT2D eigenvalue weighted by molar-refractivity contribution is 5.69. The lowest BCUT2D eigenvalue weighted by Gasteiger charge is -2.27. The van der Waals surface area contributed by atoms with E-state index in [1.807, 2.05) is 6.92 Å². The van der Waals surface area contributed by atoms with Gasteiger partial charge in [-0.2, -0.15) is 4.98 Å². The number of benzene rings is 1. The van der Waals surface area contributed by atoms with E-state index in [0.29, 0.717) is 30.4 Å². The van der Waals surface area contributed by atoms with E-state index in [0.717, 1.165) is 61.8 Å². The molecule has 3 aromatic rings. The highest BCUT2D eigenvalue weighted by Gasteiger charge is 2.32. The van der Waals surface area contributed by atoms with Gasteiger partial charge in [-0.25, -0.2) is 0 Å². The number of hydrogen-bond acceptors (Lipinski definition) is 7. The number of esters is 1. The van der Waals surface area contributed by atoms with Crippen LogP contribution in [0.2, 0.25) is 0 Å². The minimum atomic E-state index is -0.103. The lowest BCUT2D eigenvalue weighted by Crippen LogP contribution is -2.21. The lowest BCUT2D eigenvalue weighted by atomic mass is 9.77. The summed E-state index contributed by atoms with van der Waals surface area (Å²) in [4.78, 5) is 16.1. The third kappa shape index (κ3) is 5.40. The standard InChI is InChI=1S/C27H35N3O4/c1-6-32-23(31)11-9-7-8-10-20-17(2)14-19(15-18(20)3)25-28-26(34-30-25)24-21-12-13-27(4,5)16-22(21)33-29-24/h14-15H,6-13,16H2,1-5H3. The van der Waals surface area contributed by atoms with Gasteiger partial charge in [0.1, 0.15) is 5.76 Å². The molecular weight excluding hydrogens is 430 g/mol. The van der Waals surface area contributed by atoms with Crippen molar-refractivity contribution in [3.8, 4) is 23.0 Å². The molecular formula is C27H35N3O4. The molecule has 1 aromatic carbocycles. The first-order valence-electron chi connectivity index (χ1n) is 12.3. The molecule has 34 heavy (non-hydrogen) atoms. The molecule has 1 aliphatic carbocycles. The first kappa shape index (κ1) is 24.2. The lowest BCUT2D eigenvalue weighted by molar-refractivity contribution is -0.143. The van der Waals surface area contributed by atoms with E-state index in [2.05, 4.69) is 55.1 Å². The van der Waals surface area contributed by atoms with Crippen molar-refractivity contribution in [1.29, 1.82) is 0 Å². The second kappa shape index (κ2) is 10.1. The minimum Gasteiger partial charge on any atom is -0.466 e. The van der Waals surface area contributed by atoms with Gasteiger partial charge >= 0.3 is 5.97 Å². The number of carbonyl (C=O) groups excluding carboxylic acids is 1. The number of nitrogens with zero attached hydrogens (tertiary/aromatic N) is 3. The molecule has 0 bridgehead atoms. The van der Waals surface area contributed by atoms with Crippen molar-refractivity contribution in [3.63, 3.8) is 0 Å². The number of carbonyl (C=O) groups is 1. The maximum Gasteiger partial charge on any atom is 0.305 e. The van der Waals surface area contributed by atoms with E-state index in [4.69, 9.17) is 13.8 Å². The molecule has 0 aliphatic heterocycles. The summed E-state index contributed by atoms with van der Waals surface area (Å²) >= 11 is 0. The van der Waals surface area contributed by atoms with Crippen molar-refractivity contribution >= 4 is 5.97 Å². The van der Waals surface area contributed by atoms with Crippen LogP contribution in [0.4, 0.5) is 0 Å². The van der Waals surface area contributed by atoms with Crippen LogP contribution in [0, 0.1) is 19.3 Å². The summed E-state index contributed by atoms with van der Waals surface area (Å²) < 4.78 is 16.2. The molecule has 0 amide bonds. The quantitative estimate of drug-likeness (QED) is 0.275. The first-order valence-corrected chi connectivity index (χ1v) is 12.3. The van der Waals surface area contributed by atoms with Crippen molar-refractivity contribution < 1.29 is 18.6 Å². The Balaban J connectivity index is 1.42. The van der Waals surface area contributed by atoms with Gasteiger partial charge in [0.25, 0.3) is 5.89 Å². The monoisotopic (exact) mass is 465 g/mol. The predicted molar refractivity (Wildman–Crippen MR) is 129 cm³/mol. The Bertz CT molecular complexity index is 1140. The van der Waals surface area contributed by atoms with E-state index in [1.54, 1.807) is 0 Å². The zero-order valence-electron chi connectivity index (χ0n) is 21.0. The van der Waals surface area contributed by atoms with Gasteiger partial charge < -0.3 is 13.8 Å². The summed E-state index contributed by atoms with van der Waals surface area (Å²) in [6, 6.07) is 4.24. The van der Waals surface area contributed by atoms with Crippen LogP contribution in [0.1, 0.15) is 80.9 Å². The largest absolute Gasteiger partial charge is 0.466 e. The number of hydrogen-bond donors (Lipinski definition) is 0. The summed E-state index contributed by atoms with van der Waals surface area (Å²) in [5, 5.41) is 8.50. The van der Waals surface area contributed by atoms with Crippen LogP contribution >= 0.6 is 0 Å². The number of rotatable bonds is 9. The SMILES string of the molecule is CCOC(=O)CCCCCc1c(C)cc(-c2noc(-c3noc4c3CCC(C)(C)C4)n2)cc1C. The van der Waals surface area contributed by atoms with Crippen LogP contribution in [0.3, 0.4) is 0 Å². The van der Waals surface area contributed by atoms with Crippen LogP contribution in [0.25, 0.3) is 23.0 Å². The summed E-state index contributed by atoms with van der Waals surface area (Å²) in [6.45, 7) is 11.0. The van der Waals surface area contributed by atoms with Gasteiger partial charge in [-0.3, -0.25) is 4.79 Å². The number of fused-ring (bicyclic) bond motifs is 1. The molecule has 0 saturated heterocycles. The Kier molecular flexibility index (Phi) is 7.19. The van der Waals surface area contributed by atoms with Crippen LogP contribution in [-0.2, 0) is 28.8 Å². The van der Waals surface area contributed by atoms with Gasteiger partial charge in [-0.1, -0.05) is 30.6 Å². The van der Waals surface area contributed by atoms with Crippen molar-refractivity contribution in [2.75, 3.05) is 6.61 Å². The third-order valence-corrected chi connectivity index (χ3v) is 6.76. The van der Waals surface area contributed by atoms with E-state index >= 15 is 0 Å². The fraction of sp³-hybridized carbons (Fsp3) is 0.556. The molecule has 2 aromatic heterocycles. The van der Waals surface area contributed by atoms with Gasteiger partial charge in [-0.15, -0.1) is 0 Å². The summed E-state index contributed by atoms with van der Waals surface area (Å²) in [7, 11) is 0. The molecule has 182 valence electrons. The average Bonchev–Trinajstić information content (AvgIpc) is 3.41. The molecule has 7 heteroatoms. The summed E-state index contributed by atoms with van der Waals surface area (Å²) in [5.74, 6) is 1.81. The number of aromatic nitrogens is 3. The van der Waals surface area contributed by atoms with E-state index in [1.165, 1.54) is 16.7 Å². The fourth-order valence-corrected chi connectivity index (χ4v) is 4.83.